The molecule has 0 aliphatic heterocycles. The molecule has 0 amide bonds. The molecule has 0 saturated heterocycles. The van der Waals surface area contributed by atoms with Crippen molar-refractivity contribution in [2.24, 2.45) is 0 Å². The Kier molecular flexibility index (Phi) is 4.18. The van der Waals surface area contributed by atoms with Crippen molar-refractivity contribution < 1.29 is 13.9 Å². The molecule has 1 aromatic heterocycles. The first kappa shape index (κ1) is 12.8. The molecule has 0 unspecified atom stereocenters. The van der Waals surface area contributed by atoms with Gasteiger partial charge in [-0.1, -0.05) is 6.92 Å². The maximum atomic E-state index is 11.9. The number of Topliss-reactive ketones (excluding diaryl/α,β-unsaturated/α-hetero) is 1. The van der Waals surface area contributed by atoms with Crippen LogP contribution in [-0.4, -0.2) is 18.1 Å². The molecule has 0 bridgehead atoms. The van der Waals surface area contributed by atoms with Crippen molar-refractivity contribution in [2.75, 3.05) is 7.11 Å². The van der Waals surface area contributed by atoms with E-state index in [1.807, 2.05) is 6.92 Å². The first-order valence-electron chi connectivity index (χ1n) is 4.85. The Morgan fingerprint density at radius 1 is 1.62 bits per heavy atom. The van der Waals surface area contributed by atoms with Crippen molar-refractivity contribution in [1.29, 1.82) is 0 Å². The molecule has 0 aromatic carbocycles. The molecule has 0 saturated carbocycles. The fourth-order valence-corrected chi connectivity index (χ4v) is 1.62. The molecular weight excluding hydrogens is 228 g/mol. The molecule has 0 N–H and O–H groups in total. The van der Waals surface area contributed by atoms with Crippen LogP contribution >= 0.6 is 12.6 Å². The number of methoxy groups -OCH3 is 1. The highest BCUT2D eigenvalue weighted by Gasteiger charge is 2.19. The second kappa shape index (κ2) is 5.21. The number of rotatable bonds is 4. The van der Waals surface area contributed by atoms with E-state index in [1.165, 1.54) is 13.2 Å². The highest BCUT2D eigenvalue weighted by atomic mass is 32.1. The van der Waals surface area contributed by atoms with Crippen LogP contribution in [-0.2, 0) is 0 Å². The number of carbonyl (C=O) groups is 1. The van der Waals surface area contributed by atoms with Crippen molar-refractivity contribution in [3.8, 4) is 5.75 Å². The minimum absolute atomic E-state index is 0.0523. The molecule has 5 heteroatoms. The van der Waals surface area contributed by atoms with Crippen molar-refractivity contribution in [3.63, 3.8) is 0 Å². The third-order valence-electron chi connectivity index (χ3n) is 2.08. The topological polar surface area (TPSA) is 56.5 Å². The molecule has 0 aliphatic rings. The lowest BCUT2D eigenvalue weighted by molar-refractivity contribution is 0.0977. The van der Waals surface area contributed by atoms with E-state index in [9.17, 15) is 9.59 Å². The molecule has 0 spiro atoms. The zero-order valence-corrected chi connectivity index (χ0v) is 10.3. The van der Waals surface area contributed by atoms with Gasteiger partial charge in [-0.15, -0.1) is 0 Å². The van der Waals surface area contributed by atoms with Gasteiger partial charge >= 0.3 is 5.63 Å². The molecular formula is C11H14O4S. The predicted molar refractivity (Wildman–Crippen MR) is 63.7 cm³/mol. The van der Waals surface area contributed by atoms with Crippen molar-refractivity contribution in [3.05, 3.63) is 27.8 Å². The van der Waals surface area contributed by atoms with Crippen LogP contribution in [0.1, 0.15) is 29.5 Å². The molecule has 1 aromatic rings. The Balaban J connectivity index is 3.21. The zero-order chi connectivity index (χ0) is 12.3. The fraction of sp³-hybridized carbons (Fsp3) is 0.455. The molecule has 1 rings (SSSR count). The highest BCUT2D eigenvalue weighted by molar-refractivity contribution is 7.80. The van der Waals surface area contributed by atoms with Gasteiger partial charge in [-0.2, -0.15) is 12.6 Å². The second-order valence-electron chi connectivity index (χ2n) is 3.54. The predicted octanol–water partition coefficient (Wildman–Crippen LogP) is 1.85. The molecule has 0 fully saturated rings. The SMILES string of the molecule is COc1cc(=O)oc(C)c1C(=O)C[C@@H](C)S. The first-order valence-corrected chi connectivity index (χ1v) is 5.37. The summed E-state index contributed by atoms with van der Waals surface area (Å²) in [4.78, 5) is 23.0. The fourth-order valence-electron chi connectivity index (χ4n) is 1.45. The van der Waals surface area contributed by atoms with Crippen LogP contribution in [0.25, 0.3) is 0 Å². The van der Waals surface area contributed by atoms with E-state index in [-0.39, 0.29) is 29.0 Å². The Morgan fingerprint density at radius 3 is 2.75 bits per heavy atom. The molecule has 4 nitrogen and oxygen atoms in total. The summed E-state index contributed by atoms with van der Waals surface area (Å²) in [6.07, 6.45) is 0.272. The monoisotopic (exact) mass is 242 g/mol. The van der Waals surface area contributed by atoms with Gasteiger partial charge in [0.05, 0.1) is 18.7 Å². The summed E-state index contributed by atoms with van der Waals surface area (Å²) in [5.74, 6) is 0.400. The summed E-state index contributed by atoms with van der Waals surface area (Å²) in [7, 11) is 1.41. The second-order valence-corrected chi connectivity index (χ2v) is 4.42. The molecule has 1 heterocycles. The Labute approximate surface area is 99.0 Å². The lowest BCUT2D eigenvalue weighted by atomic mass is 10.1. The summed E-state index contributed by atoms with van der Waals surface area (Å²) < 4.78 is 9.88. The van der Waals surface area contributed by atoms with Gasteiger partial charge in [0, 0.05) is 11.7 Å². The van der Waals surface area contributed by atoms with E-state index in [0.29, 0.717) is 5.56 Å². The number of ether oxygens (including phenoxy) is 1. The highest BCUT2D eigenvalue weighted by Crippen LogP contribution is 2.22. The van der Waals surface area contributed by atoms with Gasteiger partial charge in [0.2, 0.25) is 0 Å². The molecule has 0 radical (unpaired) electrons. The number of thiol groups is 1. The minimum Gasteiger partial charge on any atom is -0.496 e. The Hall–Kier alpha value is -1.23. The van der Waals surface area contributed by atoms with Crippen molar-refractivity contribution >= 4 is 18.4 Å². The van der Waals surface area contributed by atoms with Crippen LogP contribution < -0.4 is 10.4 Å². The van der Waals surface area contributed by atoms with E-state index in [2.05, 4.69) is 12.6 Å². The Morgan fingerprint density at radius 2 is 2.25 bits per heavy atom. The lowest BCUT2D eigenvalue weighted by Crippen LogP contribution is -2.12. The van der Waals surface area contributed by atoms with E-state index in [0.717, 1.165) is 0 Å². The number of hydrogen-bond acceptors (Lipinski definition) is 5. The van der Waals surface area contributed by atoms with Gasteiger partial charge in [-0.3, -0.25) is 4.79 Å². The quantitative estimate of drug-likeness (QED) is 0.646. The smallest absolute Gasteiger partial charge is 0.339 e. The number of carbonyl (C=O) groups excluding carboxylic acids is 1. The average molecular weight is 242 g/mol. The van der Waals surface area contributed by atoms with E-state index in [4.69, 9.17) is 9.15 Å². The van der Waals surface area contributed by atoms with E-state index >= 15 is 0 Å². The largest absolute Gasteiger partial charge is 0.496 e. The first-order chi connectivity index (χ1) is 7.45. The van der Waals surface area contributed by atoms with Crippen molar-refractivity contribution in [2.45, 2.75) is 25.5 Å². The van der Waals surface area contributed by atoms with Crippen LogP contribution in [0.4, 0.5) is 0 Å². The van der Waals surface area contributed by atoms with Gasteiger partial charge in [0.1, 0.15) is 11.5 Å². The van der Waals surface area contributed by atoms with Gasteiger partial charge in [-0.25, -0.2) is 4.79 Å². The van der Waals surface area contributed by atoms with Crippen LogP contribution in [0.3, 0.4) is 0 Å². The van der Waals surface area contributed by atoms with E-state index < -0.39 is 5.63 Å². The van der Waals surface area contributed by atoms with Gasteiger partial charge < -0.3 is 9.15 Å². The van der Waals surface area contributed by atoms with Crippen LogP contribution in [0.5, 0.6) is 5.75 Å². The average Bonchev–Trinajstić information content (AvgIpc) is 2.14. The number of ketones is 1. The number of hydrogen-bond donors (Lipinski definition) is 1. The van der Waals surface area contributed by atoms with E-state index in [1.54, 1.807) is 6.92 Å². The normalized spacial score (nSPS) is 12.2. The standard InChI is InChI=1S/C11H14O4S/c1-6(16)4-8(12)11-7(2)15-10(13)5-9(11)14-3/h5-6,16H,4H2,1-3H3/t6-/m1/s1. The summed E-state index contributed by atoms with van der Waals surface area (Å²) in [5, 5.41) is -0.0523. The molecule has 1 atom stereocenters. The zero-order valence-electron chi connectivity index (χ0n) is 9.44. The van der Waals surface area contributed by atoms with Crippen LogP contribution in [0.2, 0.25) is 0 Å². The third-order valence-corrected chi connectivity index (χ3v) is 2.26. The number of aryl methyl sites for hydroxylation is 1. The summed E-state index contributed by atoms with van der Waals surface area (Å²) in [5.41, 5.74) is -0.201. The molecule has 0 aliphatic carbocycles. The Bertz CT molecular complexity index is 448. The maximum absolute atomic E-state index is 11.9. The van der Waals surface area contributed by atoms with Crippen molar-refractivity contribution in [1.82, 2.24) is 0 Å². The maximum Gasteiger partial charge on any atom is 0.339 e. The lowest BCUT2D eigenvalue weighted by Gasteiger charge is -2.09. The summed E-state index contributed by atoms with van der Waals surface area (Å²) in [6, 6.07) is 1.17. The van der Waals surface area contributed by atoms with Gasteiger partial charge in [-0.05, 0) is 6.92 Å². The minimum atomic E-state index is -0.523. The van der Waals surface area contributed by atoms with Gasteiger partial charge in [0.25, 0.3) is 0 Å². The summed E-state index contributed by atoms with van der Waals surface area (Å²) in [6.45, 7) is 3.39. The summed E-state index contributed by atoms with van der Waals surface area (Å²) >= 11 is 4.15. The third kappa shape index (κ3) is 2.88. The van der Waals surface area contributed by atoms with Crippen LogP contribution in [0.15, 0.2) is 15.3 Å². The van der Waals surface area contributed by atoms with Gasteiger partial charge in [0.15, 0.2) is 5.78 Å². The molecule has 16 heavy (non-hydrogen) atoms. The van der Waals surface area contributed by atoms with Crippen LogP contribution in [0, 0.1) is 6.92 Å². The molecule has 88 valence electrons.